The summed E-state index contributed by atoms with van der Waals surface area (Å²) in [7, 11) is 0. The second-order valence-electron chi connectivity index (χ2n) is 8.84. The number of hydrogen-bond donors (Lipinski definition) is 1. The van der Waals surface area contributed by atoms with Gasteiger partial charge in [-0.25, -0.2) is 0 Å². The Morgan fingerprint density at radius 1 is 0.750 bits per heavy atom. The zero-order valence-corrected chi connectivity index (χ0v) is 16.0. The van der Waals surface area contributed by atoms with Gasteiger partial charge >= 0.3 is 5.97 Å². The summed E-state index contributed by atoms with van der Waals surface area (Å²) in [5, 5.41) is 8.60. The molecule has 0 aliphatic heterocycles. The lowest BCUT2D eigenvalue weighted by Gasteiger charge is -2.43. The quantitative estimate of drug-likeness (QED) is 0.353. The molecule has 1 N–H and O–H groups in total. The molecular formula is C22H40O2. The van der Waals surface area contributed by atoms with E-state index in [1.54, 1.807) is 12.8 Å². The van der Waals surface area contributed by atoms with Gasteiger partial charge in [0, 0.05) is 6.42 Å². The predicted molar refractivity (Wildman–Crippen MR) is 101 cm³/mol. The molecule has 0 saturated heterocycles. The summed E-state index contributed by atoms with van der Waals surface area (Å²) in [6.07, 6.45) is 21.1. The molecule has 2 nitrogen and oxygen atoms in total. The fourth-order valence-electron chi connectivity index (χ4n) is 5.00. The highest BCUT2D eigenvalue weighted by Crippen LogP contribution is 2.47. The number of unbranched alkanes of at least 4 members (excludes halogenated alkanes) is 6. The molecule has 0 unspecified atom stereocenters. The minimum atomic E-state index is -0.644. The Labute approximate surface area is 149 Å². The second kappa shape index (κ2) is 11.2. The van der Waals surface area contributed by atoms with Crippen molar-refractivity contribution in [1.29, 1.82) is 0 Å². The molecule has 0 bridgehead atoms. The lowest BCUT2D eigenvalue weighted by atomic mass is 9.63. The van der Waals surface area contributed by atoms with E-state index in [1.807, 2.05) is 0 Å². The standard InChI is InChI=1S/C22H40O2/c1-2-3-7-10-18-13-20(14-18)17-21-15-19(16-21)11-8-5-4-6-9-12-22(23)24/h18-21H,2-17H2,1H3,(H,23,24)/t18?,19-,20?,21+. The lowest BCUT2D eigenvalue weighted by molar-refractivity contribution is -0.137. The van der Waals surface area contributed by atoms with Crippen molar-refractivity contribution in [3.8, 4) is 0 Å². The van der Waals surface area contributed by atoms with Gasteiger partial charge in [0.05, 0.1) is 0 Å². The molecule has 0 heterocycles. The van der Waals surface area contributed by atoms with E-state index in [4.69, 9.17) is 5.11 Å². The SMILES string of the molecule is CCCCCC1CC(C[C@H]2C[C@@H](CCCCCCCC(=O)O)C2)C1. The molecule has 0 aromatic carbocycles. The number of aliphatic carboxylic acids is 1. The third-order valence-electron chi connectivity index (χ3n) is 6.55. The van der Waals surface area contributed by atoms with Gasteiger partial charge in [0.2, 0.25) is 0 Å². The summed E-state index contributed by atoms with van der Waals surface area (Å²) in [4.78, 5) is 10.4. The normalized spacial score (nSPS) is 29.0. The van der Waals surface area contributed by atoms with Crippen molar-refractivity contribution < 1.29 is 9.90 Å². The first-order valence-electron chi connectivity index (χ1n) is 10.9. The third-order valence-corrected chi connectivity index (χ3v) is 6.55. The molecule has 2 aliphatic carbocycles. The van der Waals surface area contributed by atoms with Gasteiger partial charge in [-0.1, -0.05) is 64.7 Å². The molecule has 0 atom stereocenters. The zero-order valence-electron chi connectivity index (χ0n) is 16.0. The largest absolute Gasteiger partial charge is 0.481 e. The molecule has 2 heteroatoms. The Bertz CT molecular complexity index is 340. The highest BCUT2D eigenvalue weighted by atomic mass is 16.4. The fourth-order valence-corrected chi connectivity index (χ4v) is 5.00. The second-order valence-corrected chi connectivity index (χ2v) is 8.84. The summed E-state index contributed by atoms with van der Waals surface area (Å²) in [5.74, 6) is 3.60. The molecule has 0 amide bonds. The summed E-state index contributed by atoms with van der Waals surface area (Å²) >= 11 is 0. The summed E-state index contributed by atoms with van der Waals surface area (Å²) in [6.45, 7) is 2.30. The predicted octanol–water partition coefficient (Wildman–Crippen LogP) is 6.82. The van der Waals surface area contributed by atoms with E-state index in [0.29, 0.717) is 6.42 Å². The Morgan fingerprint density at radius 3 is 1.79 bits per heavy atom. The van der Waals surface area contributed by atoms with E-state index in [2.05, 4.69) is 6.92 Å². The van der Waals surface area contributed by atoms with Gasteiger partial charge < -0.3 is 5.11 Å². The minimum absolute atomic E-state index is 0.352. The number of carbonyl (C=O) groups is 1. The van der Waals surface area contributed by atoms with Crippen LogP contribution in [0.25, 0.3) is 0 Å². The van der Waals surface area contributed by atoms with Gasteiger partial charge in [-0.2, -0.15) is 0 Å². The maximum Gasteiger partial charge on any atom is 0.303 e. The summed E-state index contributed by atoms with van der Waals surface area (Å²) < 4.78 is 0. The van der Waals surface area contributed by atoms with Crippen LogP contribution in [0.15, 0.2) is 0 Å². The van der Waals surface area contributed by atoms with Crippen molar-refractivity contribution in [3.05, 3.63) is 0 Å². The van der Waals surface area contributed by atoms with E-state index >= 15 is 0 Å². The van der Waals surface area contributed by atoms with Crippen LogP contribution in [-0.2, 0) is 4.79 Å². The van der Waals surface area contributed by atoms with Crippen LogP contribution in [-0.4, -0.2) is 11.1 Å². The van der Waals surface area contributed by atoms with E-state index in [9.17, 15) is 4.79 Å². The van der Waals surface area contributed by atoms with Crippen molar-refractivity contribution in [1.82, 2.24) is 0 Å². The highest BCUT2D eigenvalue weighted by Gasteiger charge is 2.35. The molecule has 24 heavy (non-hydrogen) atoms. The fraction of sp³-hybridized carbons (Fsp3) is 0.955. The molecule has 0 aromatic heterocycles. The van der Waals surface area contributed by atoms with Crippen LogP contribution in [0.2, 0.25) is 0 Å². The molecule has 2 rings (SSSR count). The van der Waals surface area contributed by atoms with Crippen molar-refractivity contribution in [2.75, 3.05) is 0 Å². The monoisotopic (exact) mass is 336 g/mol. The van der Waals surface area contributed by atoms with Gasteiger partial charge in [-0.15, -0.1) is 0 Å². The van der Waals surface area contributed by atoms with Crippen LogP contribution < -0.4 is 0 Å². The van der Waals surface area contributed by atoms with E-state index in [-0.39, 0.29) is 0 Å². The maximum atomic E-state index is 10.4. The Kier molecular flexibility index (Phi) is 9.20. The van der Waals surface area contributed by atoms with Gasteiger partial charge in [-0.3, -0.25) is 4.79 Å². The van der Waals surface area contributed by atoms with Crippen molar-refractivity contribution >= 4 is 5.97 Å². The van der Waals surface area contributed by atoms with Gasteiger partial charge in [-0.05, 0) is 62.2 Å². The maximum absolute atomic E-state index is 10.4. The number of carboxylic acid groups (broad SMARTS) is 1. The first-order chi connectivity index (χ1) is 11.7. The average molecular weight is 337 g/mol. The summed E-state index contributed by atoms with van der Waals surface area (Å²) in [5.41, 5.74) is 0. The number of carboxylic acids is 1. The number of rotatable bonds is 14. The van der Waals surface area contributed by atoms with Crippen LogP contribution in [0.4, 0.5) is 0 Å². The van der Waals surface area contributed by atoms with Crippen LogP contribution >= 0.6 is 0 Å². The smallest absolute Gasteiger partial charge is 0.303 e. The first-order valence-corrected chi connectivity index (χ1v) is 10.9. The Hall–Kier alpha value is -0.530. The van der Waals surface area contributed by atoms with E-state index in [1.165, 1.54) is 70.6 Å². The molecule has 0 spiro atoms. The van der Waals surface area contributed by atoms with Gasteiger partial charge in [0.25, 0.3) is 0 Å². The summed E-state index contributed by atoms with van der Waals surface area (Å²) in [6, 6.07) is 0. The molecular weight excluding hydrogens is 296 g/mol. The van der Waals surface area contributed by atoms with Crippen LogP contribution in [0.5, 0.6) is 0 Å². The van der Waals surface area contributed by atoms with Crippen molar-refractivity contribution in [3.63, 3.8) is 0 Å². The first kappa shape index (κ1) is 19.8. The van der Waals surface area contributed by atoms with Crippen LogP contribution in [0.3, 0.4) is 0 Å². The minimum Gasteiger partial charge on any atom is -0.481 e. The number of hydrogen-bond acceptors (Lipinski definition) is 1. The average Bonchev–Trinajstić information content (AvgIpc) is 2.47. The molecule has 2 aliphatic rings. The van der Waals surface area contributed by atoms with Crippen molar-refractivity contribution in [2.24, 2.45) is 23.7 Å². The molecule has 2 fully saturated rings. The molecule has 140 valence electrons. The highest BCUT2D eigenvalue weighted by molar-refractivity contribution is 5.66. The zero-order chi connectivity index (χ0) is 17.2. The lowest BCUT2D eigenvalue weighted by Crippen LogP contribution is -2.31. The molecule has 0 radical (unpaired) electrons. The van der Waals surface area contributed by atoms with Crippen LogP contribution in [0.1, 0.15) is 110 Å². The topological polar surface area (TPSA) is 37.3 Å². The molecule has 0 aromatic rings. The Balaban J connectivity index is 1.34. The van der Waals surface area contributed by atoms with E-state index < -0.39 is 5.97 Å². The van der Waals surface area contributed by atoms with E-state index in [0.717, 1.165) is 36.5 Å². The van der Waals surface area contributed by atoms with Crippen molar-refractivity contribution in [2.45, 2.75) is 110 Å². The van der Waals surface area contributed by atoms with Gasteiger partial charge in [0.15, 0.2) is 0 Å². The Morgan fingerprint density at radius 2 is 1.25 bits per heavy atom. The van der Waals surface area contributed by atoms with Crippen LogP contribution in [0, 0.1) is 23.7 Å². The third kappa shape index (κ3) is 7.57. The van der Waals surface area contributed by atoms with Gasteiger partial charge in [0.1, 0.15) is 0 Å². The molecule has 2 saturated carbocycles.